The van der Waals surface area contributed by atoms with Crippen molar-refractivity contribution in [2.45, 2.75) is 51.0 Å². The number of amides is 1. The van der Waals surface area contributed by atoms with Gasteiger partial charge in [0.05, 0.1) is 5.69 Å². The Balaban J connectivity index is 1.61. The number of rotatable bonds is 5. The highest BCUT2D eigenvalue weighted by Gasteiger charge is 2.16. The van der Waals surface area contributed by atoms with E-state index in [4.69, 9.17) is 0 Å². The van der Waals surface area contributed by atoms with Crippen LogP contribution in [0.3, 0.4) is 0 Å². The molecule has 23 heavy (non-hydrogen) atoms. The van der Waals surface area contributed by atoms with E-state index in [1.807, 2.05) is 36.1 Å². The Morgan fingerprint density at radius 1 is 1.22 bits per heavy atom. The van der Waals surface area contributed by atoms with Gasteiger partial charge in [-0.3, -0.25) is 9.48 Å². The smallest absolute Gasteiger partial charge is 0.220 e. The van der Waals surface area contributed by atoms with Gasteiger partial charge in [0.2, 0.25) is 5.91 Å². The summed E-state index contributed by atoms with van der Waals surface area (Å²) >= 11 is 0. The Bertz CT molecular complexity index is 642. The highest BCUT2D eigenvalue weighted by molar-refractivity contribution is 5.77. The van der Waals surface area contributed by atoms with E-state index in [2.05, 4.69) is 22.5 Å². The Hall–Kier alpha value is -2.10. The first-order chi connectivity index (χ1) is 11.2. The number of benzene rings is 1. The lowest BCUT2D eigenvalue weighted by molar-refractivity contribution is -0.121. The molecule has 1 aliphatic carbocycles. The molecule has 1 aromatic heterocycles. The van der Waals surface area contributed by atoms with E-state index in [1.54, 1.807) is 0 Å². The van der Waals surface area contributed by atoms with Crippen LogP contribution >= 0.6 is 0 Å². The molecule has 4 heteroatoms. The Morgan fingerprint density at radius 2 is 1.96 bits per heavy atom. The second-order valence-corrected chi connectivity index (χ2v) is 6.45. The number of nitrogens with zero attached hydrogens (tertiary/aromatic N) is 2. The molecule has 0 saturated heterocycles. The lowest BCUT2D eigenvalue weighted by atomic mass is 9.95. The molecule has 4 nitrogen and oxygen atoms in total. The molecule has 1 amide bonds. The number of aromatic nitrogens is 2. The van der Waals surface area contributed by atoms with Crippen molar-refractivity contribution in [1.82, 2.24) is 15.1 Å². The molecule has 2 aromatic rings. The van der Waals surface area contributed by atoms with Gasteiger partial charge in [-0.2, -0.15) is 5.10 Å². The molecule has 0 radical (unpaired) electrons. The zero-order valence-electron chi connectivity index (χ0n) is 13.8. The van der Waals surface area contributed by atoms with Gasteiger partial charge < -0.3 is 5.32 Å². The van der Waals surface area contributed by atoms with Crippen molar-refractivity contribution in [3.05, 3.63) is 42.1 Å². The minimum atomic E-state index is 0.166. The molecule has 1 heterocycles. The number of hydrogen-bond donors (Lipinski definition) is 1. The van der Waals surface area contributed by atoms with E-state index in [9.17, 15) is 4.79 Å². The summed E-state index contributed by atoms with van der Waals surface area (Å²) in [5, 5.41) is 7.75. The first-order valence-corrected chi connectivity index (χ1v) is 8.59. The van der Waals surface area contributed by atoms with Gasteiger partial charge in [-0.05, 0) is 24.8 Å². The molecular weight excluding hydrogens is 286 g/mol. The van der Waals surface area contributed by atoms with Gasteiger partial charge in [-0.15, -0.1) is 0 Å². The SMILES string of the molecule is Cn1cc(CCC(=O)NC2CCCCC2)c(-c2ccccc2)n1. The van der Waals surface area contributed by atoms with Gasteiger partial charge in [-0.25, -0.2) is 0 Å². The van der Waals surface area contributed by atoms with Crippen LogP contribution in [0.4, 0.5) is 0 Å². The van der Waals surface area contributed by atoms with E-state index in [0.717, 1.165) is 36.1 Å². The molecule has 1 saturated carbocycles. The third kappa shape index (κ3) is 4.21. The molecule has 0 bridgehead atoms. The first-order valence-electron chi connectivity index (χ1n) is 8.59. The van der Waals surface area contributed by atoms with Crippen molar-refractivity contribution < 1.29 is 4.79 Å². The predicted molar refractivity (Wildman–Crippen MR) is 92.0 cm³/mol. The second kappa shape index (κ2) is 7.44. The minimum Gasteiger partial charge on any atom is -0.353 e. The van der Waals surface area contributed by atoms with E-state index < -0.39 is 0 Å². The standard InChI is InChI=1S/C19H25N3O/c1-22-14-16(19(21-22)15-8-4-2-5-9-15)12-13-18(23)20-17-10-6-3-7-11-17/h2,4-5,8-9,14,17H,3,6-7,10-13H2,1H3,(H,20,23). The normalized spacial score (nSPS) is 15.5. The molecule has 0 unspecified atom stereocenters. The van der Waals surface area contributed by atoms with E-state index in [0.29, 0.717) is 12.5 Å². The average molecular weight is 311 g/mol. The monoisotopic (exact) mass is 311 g/mol. The fraction of sp³-hybridized carbons (Fsp3) is 0.474. The molecule has 0 atom stereocenters. The zero-order chi connectivity index (χ0) is 16.1. The van der Waals surface area contributed by atoms with Crippen LogP contribution < -0.4 is 5.32 Å². The van der Waals surface area contributed by atoms with Gasteiger partial charge in [0.1, 0.15) is 0 Å². The molecule has 1 N–H and O–H groups in total. The van der Waals surface area contributed by atoms with Crippen molar-refractivity contribution in [3.8, 4) is 11.3 Å². The minimum absolute atomic E-state index is 0.166. The number of nitrogens with one attached hydrogen (secondary N) is 1. The number of carbonyl (C=O) groups is 1. The Morgan fingerprint density at radius 3 is 2.70 bits per heavy atom. The van der Waals surface area contributed by atoms with Crippen molar-refractivity contribution >= 4 is 5.91 Å². The summed E-state index contributed by atoms with van der Waals surface area (Å²) in [5.41, 5.74) is 3.23. The maximum atomic E-state index is 12.2. The summed E-state index contributed by atoms with van der Waals surface area (Å²) in [5.74, 6) is 0.166. The highest BCUT2D eigenvalue weighted by Crippen LogP contribution is 2.23. The third-order valence-electron chi connectivity index (χ3n) is 4.54. The van der Waals surface area contributed by atoms with Crippen LogP contribution in [0.2, 0.25) is 0 Å². The van der Waals surface area contributed by atoms with Crippen molar-refractivity contribution in [3.63, 3.8) is 0 Å². The number of carbonyl (C=O) groups excluding carboxylic acids is 1. The lowest BCUT2D eigenvalue weighted by Gasteiger charge is -2.22. The summed E-state index contributed by atoms with van der Waals surface area (Å²) in [6.45, 7) is 0. The summed E-state index contributed by atoms with van der Waals surface area (Å²) in [4.78, 5) is 12.2. The highest BCUT2D eigenvalue weighted by atomic mass is 16.1. The fourth-order valence-electron chi connectivity index (χ4n) is 3.35. The molecule has 1 aromatic carbocycles. The van der Waals surface area contributed by atoms with Gasteiger partial charge in [0.25, 0.3) is 0 Å². The van der Waals surface area contributed by atoms with Crippen LogP contribution in [0, 0.1) is 0 Å². The topological polar surface area (TPSA) is 46.9 Å². The largest absolute Gasteiger partial charge is 0.353 e. The maximum absolute atomic E-state index is 12.2. The molecule has 0 aliphatic heterocycles. The molecule has 1 fully saturated rings. The Kier molecular flexibility index (Phi) is 5.11. The molecule has 3 rings (SSSR count). The summed E-state index contributed by atoms with van der Waals surface area (Å²) in [6, 6.07) is 10.6. The second-order valence-electron chi connectivity index (χ2n) is 6.45. The van der Waals surface area contributed by atoms with Gasteiger partial charge in [0, 0.05) is 31.3 Å². The third-order valence-corrected chi connectivity index (χ3v) is 4.54. The van der Waals surface area contributed by atoms with Crippen LogP contribution in [-0.2, 0) is 18.3 Å². The summed E-state index contributed by atoms with van der Waals surface area (Å²) in [6.07, 6.45) is 9.34. The predicted octanol–water partition coefficient (Wildman–Crippen LogP) is 3.47. The molecular formula is C19H25N3O. The zero-order valence-corrected chi connectivity index (χ0v) is 13.8. The summed E-state index contributed by atoms with van der Waals surface area (Å²) in [7, 11) is 1.93. The van der Waals surface area contributed by atoms with E-state index in [1.165, 1.54) is 19.3 Å². The van der Waals surface area contributed by atoms with Gasteiger partial charge >= 0.3 is 0 Å². The van der Waals surface area contributed by atoms with Crippen molar-refractivity contribution in [2.24, 2.45) is 7.05 Å². The molecule has 1 aliphatic rings. The van der Waals surface area contributed by atoms with Crippen molar-refractivity contribution in [1.29, 1.82) is 0 Å². The van der Waals surface area contributed by atoms with Gasteiger partial charge in [-0.1, -0.05) is 49.6 Å². The lowest BCUT2D eigenvalue weighted by Crippen LogP contribution is -2.36. The first kappa shape index (κ1) is 15.8. The van der Waals surface area contributed by atoms with Gasteiger partial charge in [0.15, 0.2) is 0 Å². The van der Waals surface area contributed by atoms with Crippen LogP contribution in [0.25, 0.3) is 11.3 Å². The van der Waals surface area contributed by atoms with Crippen LogP contribution in [0.5, 0.6) is 0 Å². The maximum Gasteiger partial charge on any atom is 0.220 e. The Labute approximate surface area is 137 Å². The summed E-state index contributed by atoms with van der Waals surface area (Å²) < 4.78 is 1.83. The fourth-order valence-corrected chi connectivity index (χ4v) is 3.35. The molecule has 122 valence electrons. The van der Waals surface area contributed by atoms with E-state index in [-0.39, 0.29) is 5.91 Å². The van der Waals surface area contributed by atoms with Crippen LogP contribution in [-0.4, -0.2) is 21.7 Å². The molecule has 0 spiro atoms. The van der Waals surface area contributed by atoms with E-state index >= 15 is 0 Å². The average Bonchev–Trinajstić information content (AvgIpc) is 2.96. The van der Waals surface area contributed by atoms with Crippen LogP contribution in [0.15, 0.2) is 36.5 Å². The quantitative estimate of drug-likeness (QED) is 0.919. The van der Waals surface area contributed by atoms with Crippen molar-refractivity contribution in [2.75, 3.05) is 0 Å². The number of hydrogen-bond acceptors (Lipinski definition) is 2. The van der Waals surface area contributed by atoms with Crippen LogP contribution in [0.1, 0.15) is 44.1 Å². The number of aryl methyl sites for hydroxylation is 2.